The second-order valence-electron chi connectivity index (χ2n) is 3.08. The zero-order valence-electron chi connectivity index (χ0n) is 7.83. The summed E-state index contributed by atoms with van der Waals surface area (Å²) in [5, 5.41) is 26.4. The smallest absolute Gasteiger partial charge is 0.342 e. The highest BCUT2D eigenvalue weighted by Crippen LogP contribution is 2.73. The predicted octanol–water partition coefficient (Wildman–Crippen LogP) is -2.98. The standard InChI is InChI=1S/C4H13NO9P2/c5-2-1-3(4(6,7)8,15(9,10)11)16(12,13)14/h6-8H,1-2,5H2,(H2,9,10,11)(H2,12,13,14). The molecule has 10 nitrogen and oxygen atoms in total. The first-order valence-corrected chi connectivity index (χ1v) is 7.02. The molecule has 98 valence electrons. The maximum Gasteiger partial charge on any atom is 0.352 e. The molecule has 0 saturated heterocycles. The van der Waals surface area contributed by atoms with Gasteiger partial charge in [-0.1, -0.05) is 0 Å². The second-order valence-corrected chi connectivity index (χ2v) is 7.13. The lowest BCUT2D eigenvalue weighted by molar-refractivity contribution is -0.323. The molecule has 0 amide bonds. The third-order valence-electron chi connectivity index (χ3n) is 1.99. The second kappa shape index (κ2) is 4.43. The van der Waals surface area contributed by atoms with Crippen LogP contribution in [0, 0.1) is 0 Å². The molecule has 0 aliphatic rings. The van der Waals surface area contributed by atoms with Crippen molar-refractivity contribution in [2.24, 2.45) is 5.73 Å². The van der Waals surface area contributed by atoms with Crippen molar-refractivity contribution in [3.63, 3.8) is 0 Å². The van der Waals surface area contributed by atoms with Crippen molar-refractivity contribution >= 4 is 15.2 Å². The number of nitrogens with two attached hydrogens (primary N) is 1. The van der Waals surface area contributed by atoms with Crippen molar-refractivity contribution in [1.29, 1.82) is 0 Å². The first-order chi connectivity index (χ1) is 6.81. The molecule has 0 aromatic carbocycles. The summed E-state index contributed by atoms with van der Waals surface area (Å²) in [4.78, 5) is 31.5. The lowest BCUT2D eigenvalue weighted by Crippen LogP contribution is -2.54. The van der Waals surface area contributed by atoms with Crippen LogP contribution in [0.3, 0.4) is 0 Å². The van der Waals surface area contributed by atoms with Crippen LogP contribution in [0.5, 0.6) is 0 Å². The normalized spacial score (nSPS) is 15.2. The van der Waals surface area contributed by atoms with Gasteiger partial charge in [-0.3, -0.25) is 9.13 Å². The Bertz CT molecular complexity index is 314. The van der Waals surface area contributed by atoms with Crippen LogP contribution < -0.4 is 5.73 Å². The largest absolute Gasteiger partial charge is 0.352 e. The van der Waals surface area contributed by atoms with E-state index in [0.717, 1.165) is 0 Å². The molecular weight excluding hydrogens is 268 g/mol. The Labute approximate surface area is 89.7 Å². The molecular formula is C4H13NO9P2. The van der Waals surface area contributed by atoms with E-state index in [1.54, 1.807) is 0 Å². The molecule has 0 saturated carbocycles. The summed E-state index contributed by atoms with van der Waals surface area (Å²) in [5.41, 5.74) is 4.88. The number of rotatable bonds is 5. The van der Waals surface area contributed by atoms with Gasteiger partial charge in [-0.25, -0.2) is 0 Å². The monoisotopic (exact) mass is 281 g/mol. The van der Waals surface area contributed by atoms with Gasteiger partial charge in [-0.05, 0) is 13.0 Å². The van der Waals surface area contributed by atoms with Crippen LogP contribution in [-0.2, 0) is 9.13 Å². The average Bonchev–Trinajstić information content (AvgIpc) is 1.91. The van der Waals surface area contributed by atoms with Crippen LogP contribution >= 0.6 is 15.2 Å². The van der Waals surface area contributed by atoms with Gasteiger partial charge >= 0.3 is 21.2 Å². The Morgan fingerprint density at radius 2 is 1.25 bits per heavy atom. The zero-order chi connectivity index (χ0) is 13.4. The fourth-order valence-corrected chi connectivity index (χ4v) is 4.20. The van der Waals surface area contributed by atoms with Crippen molar-refractivity contribution in [1.82, 2.24) is 0 Å². The minimum Gasteiger partial charge on any atom is -0.342 e. The van der Waals surface area contributed by atoms with Gasteiger partial charge in [0.2, 0.25) is 0 Å². The molecule has 0 aromatic rings. The van der Waals surface area contributed by atoms with E-state index in [4.69, 9.17) is 40.6 Å². The fourth-order valence-electron chi connectivity index (χ4n) is 1.22. The molecule has 0 aliphatic carbocycles. The summed E-state index contributed by atoms with van der Waals surface area (Å²) < 4.78 is 22.0. The maximum atomic E-state index is 11.0. The molecule has 0 fully saturated rings. The maximum absolute atomic E-state index is 11.0. The van der Waals surface area contributed by atoms with E-state index in [2.05, 4.69) is 0 Å². The molecule has 0 atom stereocenters. The Morgan fingerprint density at radius 3 is 1.31 bits per heavy atom. The number of hydrogen-bond donors (Lipinski definition) is 8. The molecule has 0 unspecified atom stereocenters. The summed E-state index contributed by atoms with van der Waals surface area (Å²) in [6.45, 7) is -0.695. The Balaban J connectivity index is 6.04. The Morgan fingerprint density at radius 1 is 0.938 bits per heavy atom. The molecule has 0 spiro atoms. The van der Waals surface area contributed by atoms with E-state index in [0.29, 0.717) is 0 Å². The number of hydrogen-bond acceptors (Lipinski definition) is 6. The summed E-state index contributed by atoms with van der Waals surface area (Å²) in [6.07, 6.45) is -1.19. The van der Waals surface area contributed by atoms with Crippen LogP contribution in [0.2, 0.25) is 0 Å². The van der Waals surface area contributed by atoms with Crippen LogP contribution in [0.15, 0.2) is 0 Å². The molecule has 0 rings (SSSR count). The Kier molecular flexibility index (Phi) is 4.47. The highest BCUT2D eigenvalue weighted by Gasteiger charge is 2.71. The minimum absolute atomic E-state index is 0.695. The topological polar surface area (TPSA) is 202 Å². The van der Waals surface area contributed by atoms with Crippen molar-refractivity contribution < 1.29 is 44.0 Å². The first kappa shape index (κ1) is 16.1. The summed E-state index contributed by atoms with van der Waals surface area (Å²) in [6, 6.07) is 0. The van der Waals surface area contributed by atoms with Gasteiger partial charge in [0.15, 0.2) is 0 Å². The number of aliphatic hydroxyl groups is 3. The molecule has 0 aliphatic heterocycles. The third-order valence-corrected chi connectivity index (χ3v) is 6.53. The molecule has 9 N–H and O–H groups in total. The first-order valence-electron chi connectivity index (χ1n) is 3.79. The van der Waals surface area contributed by atoms with Gasteiger partial charge in [0, 0.05) is 0 Å². The van der Waals surface area contributed by atoms with Crippen LogP contribution in [-0.4, -0.2) is 52.3 Å². The van der Waals surface area contributed by atoms with Gasteiger partial charge in [0.25, 0.3) is 4.90 Å². The highest BCUT2D eigenvalue weighted by molar-refractivity contribution is 7.72. The van der Waals surface area contributed by atoms with Crippen LogP contribution in [0.1, 0.15) is 6.42 Å². The molecule has 12 heteroatoms. The van der Waals surface area contributed by atoms with Gasteiger partial charge in [-0.15, -0.1) is 0 Å². The third kappa shape index (κ3) is 2.52. The molecule has 0 aromatic heterocycles. The van der Waals surface area contributed by atoms with Crippen molar-refractivity contribution in [2.45, 2.75) is 17.3 Å². The molecule has 0 radical (unpaired) electrons. The predicted molar refractivity (Wildman–Crippen MR) is 49.9 cm³/mol. The quantitative estimate of drug-likeness (QED) is 0.190. The van der Waals surface area contributed by atoms with E-state index in [1.807, 2.05) is 0 Å². The van der Waals surface area contributed by atoms with Crippen LogP contribution in [0.25, 0.3) is 0 Å². The van der Waals surface area contributed by atoms with E-state index < -0.39 is 39.0 Å². The fraction of sp³-hybridized carbons (Fsp3) is 1.00. The van der Waals surface area contributed by atoms with Gasteiger partial charge in [-0.2, -0.15) is 0 Å². The van der Waals surface area contributed by atoms with E-state index in [9.17, 15) is 9.13 Å². The minimum atomic E-state index is -5.76. The van der Waals surface area contributed by atoms with Crippen LogP contribution in [0.4, 0.5) is 0 Å². The van der Waals surface area contributed by atoms with Crippen molar-refractivity contribution in [3.05, 3.63) is 0 Å². The summed E-state index contributed by atoms with van der Waals surface area (Å²) in [5.74, 6) is -4.27. The van der Waals surface area contributed by atoms with Gasteiger partial charge in [0.05, 0.1) is 0 Å². The zero-order valence-corrected chi connectivity index (χ0v) is 9.62. The molecule has 0 heterocycles. The summed E-state index contributed by atoms with van der Waals surface area (Å²) in [7, 11) is -11.5. The van der Waals surface area contributed by atoms with Gasteiger partial charge in [0.1, 0.15) is 0 Å². The SMILES string of the molecule is NCCC(C(O)(O)O)(P(=O)(O)O)P(=O)(O)O. The highest BCUT2D eigenvalue weighted by atomic mass is 31.2. The Hall–Kier alpha value is 0.140. The molecule has 0 bridgehead atoms. The van der Waals surface area contributed by atoms with Crippen molar-refractivity contribution in [2.75, 3.05) is 6.54 Å². The van der Waals surface area contributed by atoms with Crippen molar-refractivity contribution in [3.8, 4) is 0 Å². The lowest BCUT2D eigenvalue weighted by Gasteiger charge is -2.39. The lowest BCUT2D eigenvalue weighted by atomic mass is 10.2. The van der Waals surface area contributed by atoms with E-state index >= 15 is 0 Å². The van der Waals surface area contributed by atoms with E-state index in [-0.39, 0.29) is 0 Å². The summed E-state index contributed by atoms with van der Waals surface area (Å²) >= 11 is 0. The average molecular weight is 281 g/mol. The molecule has 16 heavy (non-hydrogen) atoms. The van der Waals surface area contributed by atoms with Gasteiger partial charge < -0.3 is 40.6 Å². The van der Waals surface area contributed by atoms with E-state index in [1.165, 1.54) is 0 Å².